The van der Waals surface area contributed by atoms with E-state index in [4.69, 9.17) is 0 Å². The number of hydrogen-bond acceptors (Lipinski definition) is 4. The molecule has 3 rings (SSSR count). The van der Waals surface area contributed by atoms with Crippen molar-refractivity contribution in [3.8, 4) is 0 Å². The first-order valence-electron chi connectivity index (χ1n) is 8.10. The number of likely N-dealkylation sites (tertiary alicyclic amines) is 1. The fraction of sp³-hybridized carbons (Fsp3) is 0.389. The summed E-state index contributed by atoms with van der Waals surface area (Å²) < 4.78 is 0. The summed E-state index contributed by atoms with van der Waals surface area (Å²) in [5, 5.41) is 3.26. The number of piperidine rings is 1. The zero-order chi connectivity index (χ0) is 16.2. The minimum atomic E-state index is 0.00231. The fourth-order valence-corrected chi connectivity index (χ4v) is 2.87. The number of aryl methyl sites for hydroxylation is 2. The summed E-state index contributed by atoms with van der Waals surface area (Å²) >= 11 is 0. The molecule has 1 aliphatic rings. The van der Waals surface area contributed by atoms with Crippen molar-refractivity contribution >= 4 is 17.4 Å². The Labute approximate surface area is 136 Å². The van der Waals surface area contributed by atoms with E-state index in [0.29, 0.717) is 17.3 Å². The van der Waals surface area contributed by atoms with E-state index in [-0.39, 0.29) is 5.91 Å². The van der Waals surface area contributed by atoms with Crippen molar-refractivity contribution in [2.75, 3.05) is 18.4 Å². The SMILES string of the molecule is Cc1cccc(Nc2cc(C(=O)N3CCCCC3)nc(C)n2)c1. The summed E-state index contributed by atoms with van der Waals surface area (Å²) in [6, 6.07) is 9.81. The van der Waals surface area contributed by atoms with Crippen LogP contribution < -0.4 is 5.32 Å². The highest BCUT2D eigenvalue weighted by Gasteiger charge is 2.20. The second-order valence-corrected chi connectivity index (χ2v) is 6.03. The van der Waals surface area contributed by atoms with Crippen molar-refractivity contribution in [2.24, 2.45) is 0 Å². The minimum Gasteiger partial charge on any atom is -0.340 e. The van der Waals surface area contributed by atoms with Gasteiger partial charge >= 0.3 is 0 Å². The molecule has 120 valence electrons. The highest BCUT2D eigenvalue weighted by Crippen LogP contribution is 2.18. The van der Waals surface area contributed by atoms with Gasteiger partial charge in [-0.05, 0) is 50.8 Å². The summed E-state index contributed by atoms with van der Waals surface area (Å²) in [6.07, 6.45) is 3.35. The largest absolute Gasteiger partial charge is 0.340 e. The van der Waals surface area contributed by atoms with Gasteiger partial charge in [-0.25, -0.2) is 9.97 Å². The maximum absolute atomic E-state index is 12.6. The number of amides is 1. The van der Waals surface area contributed by atoms with Crippen LogP contribution in [0.2, 0.25) is 0 Å². The second kappa shape index (κ2) is 6.77. The molecule has 0 radical (unpaired) electrons. The third-order valence-corrected chi connectivity index (χ3v) is 3.99. The maximum atomic E-state index is 12.6. The van der Waals surface area contributed by atoms with Gasteiger partial charge in [0.1, 0.15) is 17.3 Å². The fourth-order valence-electron chi connectivity index (χ4n) is 2.87. The predicted molar refractivity (Wildman–Crippen MR) is 91.0 cm³/mol. The Hall–Kier alpha value is -2.43. The molecule has 5 nitrogen and oxygen atoms in total. The van der Waals surface area contributed by atoms with Crippen molar-refractivity contribution in [3.05, 3.63) is 47.4 Å². The average molecular weight is 310 g/mol. The van der Waals surface area contributed by atoms with Gasteiger partial charge in [0.25, 0.3) is 5.91 Å². The van der Waals surface area contributed by atoms with Crippen LogP contribution >= 0.6 is 0 Å². The van der Waals surface area contributed by atoms with Crippen LogP contribution in [0.4, 0.5) is 11.5 Å². The summed E-state index contributed by atoms with van der Waals surface area (Å²) in [6.45, 7) is 5.50. The van der Waals surface area contributed by atoms with Crippen LogP contribution in [-0.2, 0) is 0 Å². The molecular formula is C18H22N4O. The van der Waals surface area contributed by atoms with Crippen molar-refractivity contribution in [1.82, 2.24) is 14.9 Å². The number of carbonyl (C=O) groups is 1. The summed E-state index contributed by atoms with van der Waals surface area (Å²) in [4.78, 5) is 23.2. The molecule has 1 aliphatic heterocycles. The third-order valence-electron chi connectivity index (χ3n) is 3.99. The van der Waals surface area contributed by atoms with Crippen LogP contribution in [0.15, 0.2) is 30.3 Å². The first kappa shape index (κ1) is 15.5. The predicted octanol–water partition coefficient (Wildman–Crippen LogP) is 3.46. The van der Waals surface area contributed by atoms with Crippen LogP contribution in [0.25, 0.3) is 0 Å². The highest BCUT2D eigenvalue weighted by atomic mass is 16.2. The van der Waals surface area contributed by atoms with E-state index >= 15 is 0 Å². The van der Waals surface area contributed by atoms with Crippen LogP contribution in [0.3, 0.4) is 0 Å². The number of carbonyl (C=O) groups excluding carboxylic acids is 1. The van der Waals surface area contributed by atoms with E-state index < -0.39 is 0 Å². The lowest BCUT2D eigenvalue weighted by Crippen LogP contribution is -2.36. The normalized spacial score (nSPS) is 14.6. The molecule has 1 aromatic carbocycles. The molecule has 1 saturated heterocycles. The summed E-state index contributed by atoms with van der Waals surface area (Å²) in [5.74, 6) is 1.26. The van der Waals surface area contributed by atoms with Crippen molar-refractivity contribution in [1.29, 1.82) is 0 Å². The Morgan fingerprint density at radius 1 is 1.09 bits per heavy atom. The molecule has 5 heteroatoms. The number of benzene rings is 1. The molecular weight excluding hydrogens is 288 g/mol. The second-order valence-electron chi connectivity index (χ2n) is 6.03. The first-order chi connectivity index (χ1) is 11.1. The van der Waals surface area contributed by atoms with E-state index in [1.165, 1.54) is 12.0 Å². The zero-order valence-corrected chi connectivity index (χ0v) is 13.7. The molecule has 2 heterocycles. The van der Waals surface area contributed by atoms with Gasteiger partial charge in [-0.15, -0.1) is 0 Å². The van der Waals surface area contributed by atoms with Crippen LogP contribution in [0.5, 0.6) is 0 Å². The Bertz CT molecular complexity index is 708. The third kappa shape index (κ3) is 3.86. The number of rotatable bonds is 3. The van der Waals surface area contributed by atoms with Crippen LogP contribution in [0.1, 0.15) is 41.1 Å². The van der Waals surface area contributed by atoms with Crippen molar-refractivity contribution < 1.29 is 4.79 Å². The molecule has 0 bridgehead atoms. The molecule has 2 aromatic rings. The number of hydrogen-bond donors (Lipinski definition) is 1. The zero-order valence-electron chi connectivity index (χ0n) is 13.7. The van der Waals surface area contributed by atoms with E-state index in [2.05, 4.69) is 15.3 Å². The topological polar surface area (TPSA) is 58.1 Å². The van der Waals surface area contributed by atoms with Crippen LogP contribution in [0, 0.1) is 13.8 Å². The molecule has 1 aromatic heterocycles. The smallest absolute Gasteiger partial charge is 0.272 e. The highest BCUT2D eigenvalue weighted by molar-refractivity contribution is 5.93. The lowest BCUT2D eigenvalue weighted by atomic mass is 10.1. The van der Waals surface area contributed by atoms with Gasteiger partial charge in [0.2, 0.25) is 0 Å². The van der Waals surface area contributed by atoms with E-state index in [9.17, 15) is 4.79 Å². The molecule has 1 fully saturated rings. The van der Waals surface area contributed by atoms with Crippen molar-refractivity contribution in [2.45, 2.75) is 33.1 Å². The molecule has 0 aliphatic carbocycles. The van der Waals surface area contributed by atoms with Gasteiger partial charge in [0, 0.05) is 24.8 Å². The lowest BCUT2D eigenvalue weighted by Gasteiger charge is -2.26. The Morgan fingerprint density at radius 3 is 2.61 bits per heavy atom. The molecule has 23 heavy (non-hydrogen) atoms. The van der Waals surface area contributed by atoms with Crippen molar-refractivity contribution in [3.63, 3.8) is 0 Å². The van der Waals surface area contributed by atoms with Crippen LogP contribution in [-0.4, -0.2) is 33.9 Å². The van der Waals surface area contributed by atoms with E-state index in [0.717, 1.165) is 31.6 Å². The number of nitrogens with one attached hydrogen (secondary N) is 1. The standard InChI is InChI=1S/C18H22N4O/c1-13-7-6-8-15(11-13)21-17-12-16(19-14(2)20-17)18(23)22-9-4-3-5-10-22/h6-8,11-12H,3-5,9-10H2,1-2H3,(H,19,20,21). The maximum Gasteiger partial charge on any atom is 0.272 e. The summed E-state index contributed by atoms with van der Waals surface area (Å²) in [7, 11) is 0. The van der Waals surface area contributed by atoms with E-state index in [1.54, 1.807) is 6.07 Å². The molecule has 0 spiro atoms. The van der Waals surface area contributed by atoms with Gasteiger partial charge in [-0.2, -0.15) is 0 Å². The Morgan fingerprint density at radius 2 is 1.87 bits per heavy atom. The average Bonchev–Trinajstić information content (AvgIpc) is 2.54. The van der Waals surface area contributed by atoms with Gasteiger partial charge in [0.15, 0.2) is 0 Å². The summed E-state index contributed by atoms with van der Waals surface area (Å²) in [5.41, 5.74) is 2.60. The Kier molecular flexibility index (Phi) is 4.55. The minimum absolute atomic E-state index is 0.00231. The molecule has 0 saturated carbocycles. The molecule has 0 unspecified atom stereocenters. The molecule has 1 N–H and O–H groups in total. The van der Waals surface area contributed by atoms with E-state index in [1.807, 2.05) is 43.0 Å². The lowest BCUT2D eigenvalue weighted by molar-refractivity contribution is 0.0718. The van der Waals surface area contributed by atoms with Gasteiger partial charge in [0.05, 0.1) is 0 Å². The van der Waals surface area contributed by atoms with Gasteiger partial charge in [-0.1, -0.05) is 12.1 Å². The molecule has 1 amide bonds. The van der Waals surface area contributed by atoms with Gasteiger partial charge in [-0.3, -0.25) is 4.79 Å². The quantitative estimate of drug-likeness (QED) is 0.943. The number of aromatic nitrogens is 2. The molecule has 0 atom stereocenters. The Balaban J connectivity index is 1.82. The number of anilines is 2. The first-order valence-corrected chi connectivity index (χ1v) is 8.10. The monoisotopic (exact) mass is 310 g/mol. The number of nitrogens with zero attached hydrogens (tertiary/aromatic N) is 3. The van der Waals surface area contributed by atoms with Gasteiger partial charge < -0.3 is 10.2 Å².